The number of fused-ring (bicyclic) bond motifs is 7. The minimum absolute atomic E-state index is 0.0233. The number of carboxylic acids is 2. The van der Waals surface area contributed by atoms with E-state index in [1.54, 1.807) is 0 Å². The van der Waals surface area contributed by atoms with Crippen LogP contribution in [0, 0.1) is 50.2 Å². The van der Waals surface area contributed by atoms with Crippen molar-refractivity contribution in [1.82, 2.24) is 0 Å². The highest BCUT2D eigenvalue weighted by Gasteiger charge is 2.70. The van der Waals surface area contributed by atoms with Gasteiger partial charge in [-0.05, 0) is 104 Å². The van der Waals surface area contributed by atoms with Crippen LogP contribution < -0.4 is 0 Å². The van der Waals surface area contributed by atoms with E-state index in [4.69, 9.17) is 18.9 Å². The van der Waals surface area contributed by atoms with Crippen LogP contribution in [0.25, 0.3) is 0 Å². The second-order valence-electron chi connectivity index (χ2n) is 20.5. The first-order valence-electron chi connectivity index (χ1n) is 21.0. The molecule has 0 bridgehead atoms. The molecule has 324 valence electrons. The Morgan fingerprint density at radius 2 is 1.44 bits per heavy atom. The van der Waals surface area contributed by atoms with Gasteiger partial charge in [-0.25, -0.2) is 4.79 Å². The van der Waals surface area contributed by atoms with E-state index in [1.807, 2.05) is 6.92 Å². The number of carboxylic acid groups (broad SMARTS) is 2. The Balaban J connectivity index is 1.18. The second-order valence-corrected chi connectivity index (χ2v) is 20.5. The molecule has 2 aliphatic heterocycles. The van der Waals surface area contributed by atoms with Gasteiger partial charge in [0.15, 0.2) is 18.7 Å². The van der Waals surface area contributed by atoms with Crippen LogP contribution in [0.1, 0.15) is 106 Å². The van der Waals surface area contributed by atoms with Crippen LogP contribution in [0.5, 0.6) is 0 Å². The fourth-order valence-corrected chi connectivity index (χ4v) is 13.6. The zero-order valence-electron chi connectivity index (χ0n) is 34.1. The standard InChI is InChI=1S/C42H66O15/c1-37(2)13-15-42(36(52)53)16-14-40(5)20(21(42)17-37)7-8-24-38(3)11-10-25(39(4,19-44)23(38)9-12-41(24,40)6)55-35-32(29(48)28(47)31(56-35)33(50)51)57-34-30(49)27(46)26(45)22(18-43)54-34/h7,21-32,34-35,43-49H,8-19H2,1-6H3,(H,50,51)(H,52,53). The molecule has 2 heterocycles. The Morgan fingerprint density at radius 1 is 0.754 bits per heavy atom. The van der Waals surface area contributed by atoms with E-state index < -0.39 is 96.9 Å². The summed E-state index contributed by atoms with van der Waals surface area (Å²) in [6.45, 7) is 12.5. The van der Waals surface area contributed by atoms with Crippen LogP contribution in [0.4, 0.5) is 0 Å². The maximum Gasteiger partial charge on any atom is 0.335 e. The third-order valence-corrected chi connectivity index (χ3v) is 17.4. The van der Waals surface area contributed by atoms with Crippen LogP contribution in [0.3, 0.4) is 0 Å². The summed E-state index contributed by atoms with van der Waals surface area (Å²) in [5, 5.41) is 95.2. The normalized spacial score (nSPS) is 53.3. The summed E-state index contributed by atoms with van der Waals surface area (Å²) in [5.41, 5.74) is -0.909. The van der Waals surface area contributed by atoms with Gasteiger partial charge in [-0.2, -0.15) is 0 Å². The molecule has 4 saturated carbocycles. The average Bonchev–Trinajstić information content (AvgIpc) is 3.15. The summed E-state index contributed by atoms with van der Waals surface area (Å²) in [7, 11) is 0. The molecule has 15 heteroatoms. The molecular formula is C42H66O15. The van der Waals surface area contributed by atoms with Crippen molar-refractivity contribution in [3.05, 3.63) is 11.6 Å². The SMILES string of the molecule is CC1(C)CCC2(C(=O)O)CCC3(C)C(=CCC4C5(C)CCC(OC6OC(C(=O)O)C(O)C(O)C6OC6OC(CO)C(O)C(O)C6O)C(C)(CO)C5CCC43C)C2C1. The van der Waals surface area contributed by atoms with Gasteiger partial charge in [-0.1, -0.05) is 53.2 Å². The molecule has 15 nitrogen and oxygen atoms in total. The highest BCUT2D eigenvalue weighted by Crippen LogP contribution is 2.76. The van der Waals surface area contributed by atoms with Crippen molar-refractivity contribution >= 4 is 11.9 Å². The fourth-order valence-electron chi connectivity index (χ4n) is 13.6. The maximum absolute atomic E-state index is 13.1. The van der Waals surface area contributed by atoms with Gasteiger partial charge in [0.25, 0.3) is 0 Å². The largest absolute Gasteiger partial charge is 0.481 e. The summed E-state index contributed by atoms with van der Waals surface area (Å²) >= 11 is 0. The van der Waals surface area contributed by atoms with Crippen molar-refractivity contribution < 1.29 is 74.5 Å². The number of aliphatic hydroxyl groups excluding tert-OH is 7. The highest BCUT2D eigenvalue weighted by atomic mass is 16.8. The second kappa shape index (κ2) is 14.7. The van der Waals surface area contributed by atoms with Crippen LogP contribution in [0.15, 0.2) is 11.6 Å². The third kappa shape index (κ3) is 6.39. The number of hydrogen-bond donors (Lipinski definition) is 9. The van der Waals surface area contributed by atoms with Gasteiger partial charge in [0.05, 0.1) is 24.7 Å². The molecule has 2 saturated heterocycles. The first-order chi connectivity index (χ1) is 26.5. The lowest BCUT2D eigenvalue weighted by molar-refractivity contribution is -0.375. The van der Waals surface area contributed by atoms with Gasteiger partial charge in [-0.15, -0.1) is 0 Å². The minimum Gasteiger partial charge on any atom is -0.481 e. The van der Waals surface area contributed by atoms with Crippen molar-refractivity contribution in [2.24, 2.45) is 50.2 Å². The lowest BCUT2D eigenvalue weighted by Gasteiger charge is -2.71. The number of aliphatic carboxylic acids is 2. The molecule has 57 heavy (non-hydrogen) atoms. The maximum atomic E-state index is 13.1. The first-order valence-corrected chi connectivity index (χ1v) is 21.0. The van der Waals surface area contributed by atoms with Gasteiger partial charge in [0.1, 0.15) is 42.7 Å². The monoisotopic (exact) mass is 810 g/mol. The highest BCUT2D eigenvalue weighted by molar-refractivity contribution is 5.76. The molecule has 0 amide bonds. The number of hydrogen-bond acceptors (Lipinski definition) is 13. The Bertz CT molecular complexity index is 1590. The molecule has 0 radical (unpaired) electrons. The van der Waals surface area contributed by atoms with Crippen molar-refractivity contribution in [3.8, 4) is 0 Å². The molecule has 7 rings (SSSR count). The van der Waals surface area contributed by atoms with Crippen LogP contribution >= 0.6 is 0 Å². The molecule has 19 atom stereocenters. The minimum atomic E-state index is -1.99. The number of allylic oxidation sites excluding steroid dienone is 2. The van der Waals surface area contributed by atoms with E-state index in [1.165, 1.54) is 5.57 Å². The van der Waals surface area contributed by atoms with Crippen molar-refractivity contribution in [2.75, 3.05) is 13.2 Å². The summed E-state index contributed by atoms with van der Waals surface area (Å²) < 4.78 is 23.8. The smallest absolute Gasteiger partial charge is 0.335 e. The van der Waals surface area contributed by atoms with Gasteiger partial charge < -0.3 is 64.9 Å². The first kappa shape index (κ1) is 43.3. The average molecular weight is 811 g/mol. The molecule has 9 N–H and O–H groups in total. The molecule has 0 spiro atoms. The van der Waals surface area contributed by atoms with Gasteiger partial charge in [-0.3, -0.25) is 4.79 Å². The van der Waals surface area contributed by atoms with Crippen LogP contribution in [0.2, 0.25) is 0 Å². The van der Waals surface area contributed by atoms with E-state index in [0.717, 1.165) is 38.5 Å². The van der Waals surface area contributed by atoms with Gasteiger partial charge in [0, 0.05) is 5.41 Å². The van der Waals surface area contributed by atoms with E-state index in [-0.39, 0.29) is 46.0 Å². The number of aliphatic hydroxyl groups is 7. The van der Waals surface area contributed by atoms with Crippen molar-refractivity contribution in [2.45, 2.75) is 173 Å². The number of ether oxygens (including phenoxy) is 4. The molecule has 19 unspecified atom stereocenters. The van der Waals surface area contributed by atoms with E-state index in [9.17, 15) is 55.5 Å². The molecule has 6 fully saturated rings. The molecule has 5 aliphatic carbocycles. The zero-order chi connectivity index (χ0) is 41.8. The molecule has 0 aromatic heterocycles. The quantitative estimate of drug-likeness (QED) is 0.126. The summed E-state index contributed by atoms with van der Waals surface area (Å²) in [6.07, 6.45) is -8.58. The fraction of sp³-hybridized carbons (Fsp3) is 0.905. The van der Waals surface area contributed by atoms with E-state index in [0.29, 0.717) is 25.7 Å². The van der Waals surface area contributed by atoms with Gasteiger partial charge in [0.2, 0.25) is 0 Å². The molecule has 0 aromatic rings. The topological polar surface area (TPSA) is 253 Å². The third-order valence-electron chi connectivity index (χ3n) is 17.4. The van der Waals surface area contributed by atoms with Crippen molar-refractivity contribution in [3.63, 3.8) is 0 Å². The van der Waals surface area contributed by atoms with Gasteiger partial charge >= 0.3 is 11.9 Å². The van der Waals surface area contributed by atoms with Crippen LogP contribution in [-0.2, 0) is 28.5 Å². The zero-order valence-corrected chi connectivity index (χ0v) is 34.1. The summed E-state index contributed by atoms with van der Waals surface area (Å²) in [6, 6.07) is 0. The lowest BCUT2D eigenvalue weighted by Crippen LogP contribution is -2.68. The Labute approximate surface area is 334 Å². The predicted molar refractivity (Wildman–Crippen MR) is 200 cm³/mol. The summed E-state index contributed by atoms with van der Waals surface area (Å²) in [5.74, 6) is -2.12. The Hall–Kier alpha value is -1.76. The lowest BCUT2D eigenvalue weighted by atomic mass is 9.33. The molecular weight excluding hydrogens is 744 g/mol. The number of carbonyl (C=O) groups is 2. The summed E-state index contributed by atoms with van der Waals surface area (Å²) in [4.78, 5) is 25.3. The molecule has 0 aromatic carbocycles. The Morgan fingerprint density at radius 3 is 2.07 bits per heavy atom. The molecule has 7 aliphatic rings. The van der Waals surface area contributed by atoms with E-state index >= 15 is 0 Å². The van der Waals surface area contributed by atoms with Crippen LogP contribution in [-0.4, -0.2) is 139 Å². The Kier molecular flexibility index (Phi) is 11.2. The number of rotatable bonds is 8. The predicted octanol–water partition coefficient (Wildman–Crippen LogP) is 1.95. The van der Waals surface area contributed by atoms with Crippen molar-refractivity contribution in [1.29, 1.82) is 0 Å². The van der Waals surface area contributed by atoms with E-state index in [2.05, 4.69) is 40.7 Å².